The number of rotatable bonds is 11. The van der Waals surface area contributed by atoms with E-state index in [0.29, 0.717) is 31.0 Å². The number of amides is 3. The first-order valence-corrected chi connectivity index (χ1v) is 16.0. The van der Waals surface area contributed by atoms with Crippen LogP contribution in [0.3, 0.4) is 0 Å². The van der Waals surface area contributed by atoms with Gasteiger partial charge in [0.1, 0.15) is 6.54 Å². The number of ether oxygens (including phenoxy) is 2. The highest BCUT2D eigenvalue weighted by Gasteiger charge is 2.52. The molecule has 2 aromatic carbocycles. The van der Waals surface area contributed by atoms with E-state index in [4.69, 9.17) is 9.47 Å². The van der Waals surface area contributed by atoms with Gasteiger partial charge in [-0.1, -0.05) is 24.3 Å². The summed E-state index contributed by atoms with van der Waals surface area (Å²) < 4.78 is 11.0. The van der Waals surface area contributed by atoms with Gasteiger partial charge in [-0.3, -0.25) is 4.79 Å². The van der Waals surface area contributed by atoms with Crippen molar-refractivity contribution in [2.24, 2.45) is 17.8 Å². The van der Waals surface area contributed by atoms with Crippen LogP contribution < -0.4 is 14.8 Å². The van der Waals surface area contributed by atoms with E-state index in [1.165, 1.54) is 30.2 Å². The third kappa shape index (κ3) is 5.80. The first-order valence-electron chi connectivity index (χ1n) is 16.0. The summed E-state index contributed by atoms with van der Waals surface area (Å²) in [6.07, 6.45) is 12.0. The zero-order chi connectivity index (χ0) is 29.6. The molecule has 4 bridgehead atoms. The van der Waals surface area contributed by atoms with Crippen LogP contribution in [0.2, 0.25) is 0 Å². The van der Waals surface area contributed by atoms with Crippen LogP contribution in [0.5, 0.6) is 11.5 Å². The molecule has 5 saturated carbocycles. The molecule has 8 heteroatoms. The van der Waals surface area contributed by atoms with Gasteiger partial charge in [-0.2, -0.15) is 0 Å². The number of para-hydroxylation sites is 1. The van der Waals surface area contributed by atoms with Crippen LogP contribution in [0.15, 0.2) is 48.7 Å². The number of carbonyl (C=O) groups is 2. The zero-order valence-electron chi connectivity index (χ0n) is 25.4. The average molecular weight is 585 g/mol. The lowest BCUT2D eigenvalue weighted by Crippen LogP contribution is -2.62. The predicted molar refractivity (Wildman–Crippen MR) is 166 cm³/mol. The molecule has 1 aromatic heterocycles. The van der Waals surface area contributed by atoms with Gasteiger partial charge < -0.3 is 29.6 Å². The minimum Gasteiger partial charge on any atom is -0.493 e. The summed E-state index contributed by atoms with van der Waals surface area (Å²) in [5.74, 6) is 3.53. The van der Waals surface area contributed by atoms with Gasteiger partial charge in [-0.05, 0) is 105 Å². The van der Waals surface area contributed by atoms with Crippen molar-refractivity contribution >= 4 is 22.8 Å². The first kappa shape index (κ1) is 28.1. The minimum atomic E-state index is -0.0727. The second kappa shape index (κ2) is 11.4. The summed E-state index contributed by atoms with van der Waals surface area (Å²) in [7, 11) is 3.24. The van der Waals surface area contributed by atoms with Gasteiger partial charge >= 0.3 is 6.03 Å². The highest BCUT2D eigenvalue weighted by atomic mass is 16.5. The summed E-state index contributed by atoms with van der Waals surface area (Å²) in [5.41, 5.74) is 3.16. The number of aromatic amines is 1. The number of nitrogens with zero attached hydrogens (tertiary/aromatic N) is 2. The summed E-state index contributed by atoms with van der Waals surface area (Å²) in [5, 5.41) is 4.70. The number of benzene rings is 2. The summed E-state index contributed by atoms with van der Waals surface area (Å²) >= 11 is 0. The molecule has 3 amide bonds. The van der Waals surface area contributed by atoms with E-state index in [1.54, 1.807) is 14.2 Å². The first-order chi connectivity index (χ1) is 20.9. The van der Waals surface area contributed by atoms with Crippen molar-refractivity contribution in [2.45, 2.75) is 75.9 Å². The number of carbonyl (C=O) groups excluding carboxylic acids is 2. The molecular weight excluding hydrogens is 540 g/mol. The standard InChI is InChI=1S/C35H44N4O4/c1-42-31-10-7-23(16-32(31)43-2)21-38(12-11-27-20-36-30-6-4-3-5-29(27)30)33(40)22-39(28-8-9-28)34(41)37-35-17-24-13-25(18-35)15-26(14-24)19-35/h3-7,10,16,20,24-26,28,36H,8-9,11-15,17-19,21-22H2,1-2H3,(H,37,41). The number of hydrogen-bond acceptors (Lipinski definition) is 4. The topological polar surface area (TPSA) is 86.9 Å². The number of H-pyrrole nitrogens is 1. The summed E-state index contributed by atoms with van der Waals surface area (Å²) in [4.78, 5) is 35.1. The SMILES string of the molecule is COc1ccc(CN(CCc2c[nH]c3ccccc23)C(=O)CN(C(=O)NC23CC4CC(CC(C4)C2)C3)C2CC2)cc1OC. The third-order valence-corrected chi connectivity index (χ3v) is 10.5. The van der Waals surface area contributed by atoms with Gasteiger partial charge in [0.25, 0.3) is 0 Å². The normalized spacial score (nSPS) is 25.5. The predicted octanol–water partition coefficient (Wildman–Crippen LogP) is 5.90. The van der Waals surface area contributed by atoms with Crippen LogP contribution in [-0.2, 0) is 17.8 Å². The molecule has 8 rings (SSSR count). The molecule has 43 heavy (non-hydrogen) atoms. The number of fused-ring (bicyclic) bond motifs is 1. The number of methoxy groups -OCH3 is 2. The number of hydrogen-bond donors (Lipinski definition) is 2. The van der Waals surface area contributed by atoms with Gasteiger partial charge in [0.05, 0.1) is 14.2 Å². The fourth-order valence-corrected chi connectivity index (χ4v) is 8.65. The lowest BCUT2D eigenvalue weighted by atomic mass is 9.53. The highest BCUT2D eigenvalue weighted by Crippen LogP contribution is 2.55. The van der Waals surface area contributed by atoms with Crippen molar-refractivity contribution < 1.29 is 19.1 Å². The lowest BCUT2D eigenvalue weighted by Gasteiger charge is -2.57. The second-order valence-electron chi connectivity index (χ2n) is 13.6. The van der Waals surface area contributed by atoms with Crippen molar-refractivity contribution in [1.82, 2.24) is 20.1 Å². The number of aromatic nitrogens is 1. The maximum atomic E-state index is 14.1. The van der Waals surface area contributed by atoms with Crippen LogP contribution in [0.4, 0.5) is 4.79 Å². The van der Waals surface area contributed by atoms with Gasteiger partial charge in [-0.25, -0.2) is 4.79 Å². The molecule has 5 aliphatic rings. The molecule has 0 saturated heterocycles. The fraction of sp³-hybridized carbons (Fsp3) is 0.543. The van der Waals surface area contributed by atoms with E-state index in [0.717, 1.165) is 60.9 Å². The highest BCUT2D eigenvalue weighted by molar-refractivity contribution is 5.85. The van der Waals surface area contributed by atoms with E-state index < -0.39 is 0 Å². The zero-order valence-corrected chi connectivity index (χ0v) is 25.4. The van der Waals surface area contributed by atoms with Crippen molar-refractivity contribution in [2.75, 3.05) is 27.3 Å². The Balaban J connectivity index is 1.09. The van der Waals surface area contributed by atoms with E-state index in [1.807, 2.05) is 46.3 Å². The lowest BCUT2D eigenvalue weighted by molar-refractivity contribution is -0.132. The molecule has 3 aromatic rings. The Kier molecular flexibility index (Phi) is 7.48. The van der Waals surface area contributed by atoms with Crippen LogP contribution >= 0.6 is 0 Å². The van der Waals surface area contributed by atoms with Crippen molar-refractivity contribution in [3.63, 3.8) is 0 Å². The van der Waals surface area contributed by atoms with Gasteiger partial charge in [0.2, 0.25) is 5.91 Å². The molecule has 2 N–H and O–H groups in total. The fourth-order valence-electron chi connectivity index (χ4n) is 8.65. The molecule has 0 radical (unpaired) electrons. The Labute approximate surface area is 254 Å². The monoisotopic (exact) mass is 584 g/mol. The summed E-state index contributed by atoms with van der Waals surface area (Å²) in [6, 6.07) is 14.2. The van der Waals surface area contributed by atoms with Crippen molar-refractivity contribution in [3.05, 3.63) is 59.8 Å². The van der Waals surface area contributed by atoms with E-state index in [-0.39, 0.29) is 30.1 Å². The van der Waals surface area contributed by atoms with E-state index >= 15 is 0 Å². The number of urea groups is 1. The third-order valence-electron chi connectivity index (χ3n) is 10.5. The van der Waals surface area contributed by atoms with Crippen LogP contribution in [0.25, 0.3) is 10.9 Å². The van der Waals surface area contributed by atoms with Crippen molar-refractivity contribution in [3.8, 4) is 11.5 Å². The number of nitrogens with one attached hydrogen (secondary N) is 2. The molecule has 0 atom stereocenters. The van der Waals surface area contributed by atoms with Gasteiger partial charge in [0, 0.05) is 41.8 Å². The quantitative estimate of drug-likeness (QED) is 0.294. The largest absolute Gasteiger partial charge is 0.493 e. The molecule has 5 fully saturated rings. The Morgan fingerprint density at radius 3 is 2.33 bits per heavy atom. The van der Waals surface area contributed by atoms with Gasteiger partial charge in [0.15, 0.2) is 11.5 Å². The van der Waals surface area contributed by atoms with Crippen LogP contribution in [0.1, 0.15) is 62.5 Å². The molecule has 1 heterocycles. The molecule has 5 aliphatic carbocycles. The van der Waals surface area contributed by atoms with Crippen molar-refractivity contribution in [1.29, 1.82) is 0 Å². The minimum absolute atomic E-state index is 0.0258. The van der Waals surface area contributed by atoms with E-state index in [9.17, 15) is 9.59 Å². The molecule has 0 unspecified atom stereocenters. The Hall–Kier alpha value is -3.68. The second-order valence-corrected chi connectivity index (χ2v) is 13.6. The average Bonchev–Trinajstić information content (AvgIpc) is 3.75. The summed E-state index contributed by atoms with van der Waals surface area (Å²) in [6.45, 7) is 1.07. The molecular formula is C35H44N4O4. The Morgan fingerprint density at radius 1 is 0.953 bits per heavy atom. The van der Waals surface area contributed by atoms with Crippen LogP contribution in [-0.4, -0.2) is 65.6 Å². The maximum absolute atomic E-state index is 14.1. The molecule has 0 spiro atoms. The maximum Gasteiger partial charge on any atom is 0.318 e. The van der Waals surface area contributed by atoms with Crippen LogP contribution in [0, 0.1) is 17.8 Å². The van der Waals surface area contributed by atoms with E-state index in [2.05, 4.69) is 22.4 Å². The smallest absolute Gasteiger partial charge is 0.318 e. The van der Waals surface area contributed by atoms with Gasteiger partial charge in [-0.15, -0.1) is 0 Å². The molecule has 0 aliphatic heterocycles. The Bertz CT molecular complexity index is 1460. The molecule has 228 valence electrons. The Morgan fingerprint density at radius 2 is 1.65 bits per heavy atom. The molecule has 8 nitrogen and oxygen atoms in total.